The van der Waals surface area contributed by atoms with E-state index in [2.05, 4.69) is 32.0 Å². The molecule has 1 unspecified atom stereocenters. The summed E-state index contributed by atoms with van der Waals surface area (Å²) in [7, 11) is -2.14. The number of carbonyl (C=O) groups is 2. The molecule has 3 aliphatic heterocycles. The molecule has 3 heterocycles. The summed E-state index contributed by atoms with van der Waals surface area (Å²) in [5.41, 5.74) is 3.37. The van der Waals surface area contributed by atoms with Crippen LogP contribution in [0.15, 0.2) is 36.4 Å². The SMILES string of the molecule is COCCN1CCNCC1.C[C@@H]1[C@@H](C)CCCC(C=O)[C@@H]2CC[C@H]2CN2C[C@@]3(CCCc4cc(Cl)ccc43)COc3ccc(cc32)C(=O)NS1(=O)=O. The average molecular weight is 757 g/mol. The molecule has 2 N–H and O–H groups in total. The molecule has 286 valence electrons. The van der Waals surface area contributed by atoms with Crippen LogP contribution in [-0.4, -0.2) is 96.9 Å². The van der Waals surface area contributed by atoms with Crippen LogP contribution in [0.2, 0.25) is 5.02 Å². The molecule has 0 radical (unpaired) electrons. The molecular weight excluding hydrogens is 700 g/mol. The molecule has 7 rings (SSSR count). The lowest BCUT2D eigenvalue weighted by molar-refractivity contribution is -0.115. The molecule has 1 amide bonds. The molecule has 5 aliphatic rings. The van der Waals surface area contributed by atoms with E-state index in [1.54, 1.807) is 32.2 Å². The van der Waals surface area contributed by atoms with Crippen molar-refractivity contribution in [2.75, 3.05) is 71.0 Å². The van der Waals surface area contributed by atoms with Crippen LogP contribution in [0.1, 0.15) is 80.3 Å². The summed E-state index contributed by atoms with van der Waals surface area (Å²) in [4.78, 5) is 30.4. The maximum atomic E-state index is 13.3. The van der Waals surface area contributed by atoms with Crippen LogP contribution in [0.5, 0.6) is 5.75 Å². The van der Waals surface area contributed by atoms with Gasteiger partial charge in [-0.25, -0.2) is 13.1 Å². The van der Waals surface area contributed by atoms with Gasteiger partial charge in [-0.15, -0.1) is 0 Å². The van der Waals surface area contributed by atoms with Crippen LogP contribution in [0, 0.1) is 23.7 Å². The monoisotopic (exact) mass is 756 g/mol. The zero-order valence-corrected chi connectivity index (χ0v) is 32.7. The Morgan fingerprint density at radius 1 is 1.06 bits per heavy atom. The van der Waals surface area contributed by atoms with E-state index in [4.69, 9.17) is 21.1 Å². The van der Waals surface area contributed by atoms with Crippen molar-refractivity contribution >= 4 is 39.5 Å². The lowest BCUT2D eigenvalue weighted by atomic mass is 9.65. The van der Waals surface area contributed by atoms with Gasteiger partial charge in [0.05, 0.1) is 24.2 Å². The van der Waals surface area contributed by atoms with Gasteiger partial charge in [-0.1, -0.05) is 31.0 Å². The number of piperazine rings is 1. The van der Waals surface area contributed by atoms with Crippen molar-refractivity contribution in [2.45, 2.75) is 75.9 Å². The zero-order chi connectivity index (χ0) is 36.9. The van der Waals surface area contributed by atoms with Crippen molar-refractivity contribution < 1.29 is 27.5 Å². The van der Waals surface area contributed by atoms with Crippen LogP contribution in [0.3, 0.4) is 0 Å². The molecule has 1 saturated carbocycles. The fraction of sp³-hybridized carbons (Fsp3) is 0.650. The third-order valence-electron chi connectivity index (χ3n) is 12.5. The van der Waals surface area contributed by atoms with Gasteiger partial charge in [0, 0.05) is 74.8 Å². The molecule has 2 aliphatic carbocycles. The number of aldehydes is 1. The van der Waals surface area contributed by atoms with E-state index in [1.165, 1.54) is 24.2 Å². The van der Waals surface area contributed by atoms with Crippen molar-refractivity contribution in [3.8, 4) is 5.75 Å². The third-order valence-corrected chi connectivity index (χ3v) is 14.6. The quantitative estimate of drug-likeness (QED) is 0.393. The van der Waals surface area contributed by atoms with E-state index in [0.717, 1.165) is 94.7 Å². The Balaban J connectivity index is 0.000000402. The summed E-state index contributed by atoms with van der Waals surface area (Å²) < 4.78 is 40.3. The minimum absolute atomic E-state index is 0.0315. The van der Waals surface area contributed by atoms with Gasteiger partial charge in [-0.05, 0) is 111 Å². The molecule has 2 aromatic carbocycles. The normalized spacial score (nSPS) is 30.6. The van der Waals surface area contributed by atoms with E-state index in [1.807, 2.05) is 13.0 Å². The number of amides is 1. The number of halogens is 1. The summed E-state index contributed by atoms with van der Waals surface area (Å²) in [5.74, 6) is 0.559. The summed E-state index contributed by atoms with van der Waals surface area (Å²) in [6.45, 7) is 12.1. The molecule has 1 saturated heterocycles. The van der Waals surface area contributed by atoms with Crippen molar-refractivity contribution in [3.05, 3.63) is 58.1 Å². The van der Waals surface area contributed by atoms with Gasteiger partial charge in [-0.3, -0.25) is 9.69 Å². The molecule has 6 atom stereocenters. The highest BCUT2D eigenvalue weighted by atomic mass is 35.5. The van der Waals surface area contributed by atoms with E-state index in [9.17, 15) is 18.0 Å². The number of nitrogens with zero attached hydrogens (tertiary/aromatic N) is 2. The number of aryl methyl sites for hydroxylation is 1. The van der Waals surface area contributed by atoms with Crippen molar-refractivity contribution in [3.63, 3.8) is 0 Å². The van der Waals surface area contributed by atoms with E-state index >= 15 is 0 Å². The zero-order valence-electron chi connectivity index (χ0n) is 31.1. The van der Waals surface area contributed by atoms with E-state index in [0.29, 0.717) is 42.7 Å². The number of hydrogen-bond donors (Lipinski definition) is 2. The number of nitrogens with one attached hydrogen (secondary N) is 2. The topological polar surface area (TPSA) is 117 Å². The predicted molar refractivity (Wildman–Crippen MR) is 206 cm³/mol. The predicted octanol–water partition coefficient (Wildman–Crippen LogP) is 5.46. The molecule has 52 heavy (non-hydrogen) atoms. The van der Waals surface area contributed by atoms with Crippen LogP contribution in [0.25, 0.3) is 0 Å². The van der Waals surface area contributed by atoms with Gasteiger partial charge in [0.2, 0.25) is 10.0 Å². The summed E-state index contributed by atoms with van der Waals surface area (Å²) in [6.07, 6.45) is 8.43. The number of ether oxygens (including phenoxy) is 2. The fourth-order valence-electron chi connectivity index (χ4n) is 8.96. The summed E-state index contributed by atoms with van der Waals surface area (Å²) >= 11 is 6.39. The molecule has 10 nitrogen and oxygen atoms in total. The minimum atomic E-state index is -3.89. The number of fused-ring (bicyclic) bond motifs is 4. The van der Waals surface area contributed by atoms with Gasteiger partial charge in [0.15, 0.2) is 0 Å². The second-order valence-corrected chi connectivity index (χ2v) is 18.2. The second-order valence-electron chi connectivity index (χ2n) is 15.8. The number of benzene rings is 2. The first-order valence-electron chi connectivity index (χ1n) is 19.3. The Bertz CT molecular complexity index is 1670. The Morgan fingerprint density at radius 2 is 1.87 bits per heavy atom. The standard InChI is InChI=1S/C33H41ClN2O5S.C7H16N2O/c1-21-5-3-6-26(18-37)28-11-8-25(28)17-36-19-33(14-4-7-23-15-27(34)10-12-29(23)33)20-41-31-13-9-24(16-30(31)36)32(38)35-42(39,40)22(21)2;1-10-7-6-9-4-2-8-3-5-9/h9-10,12-13,15-16,18,21-22,25-26,28H,3-8,11,14,17,19-20H2,1-2H3,(H,35,38);8H,2-7H2,1H3/t21-,22+,25-,26?,28+,33-;/m0./s1. The molecule has 2 fully saturated rings. The molecule has 2 bridgehead atoms. The second kappa shape index (κ2) is 17.2. The van der Waals surface area contributed by atoms with Crippen molar-refractivity contribution in [1.29, 1.82) is 0 Å². The maximum absolute atomic E-state index is 13.3. The summed E-state index contributed by atoms with van der Waals surface area (Å²) in [5, 5.41) is 3.31. The van der Waals surface area contributed by atoms with Crippen LogP contribution >= 0.6 is 11.6 Å². The first kappa shape index (κ1) is 39.0. The Morgan fingerprint density at radius 3 is 2.60 bits per heavy atom. The number of carbonyl (C=O) groups excluding carboxylic acids is 2. The van der Waals surface area contributed by atoms with Crippen molar-refractivity contribution in [2.24, 2.45) is 23.7 Å². The molecule has 12 heteroatoms. The molecule has 1 spiro atoms. The molecule has 2 aromatic rings. The van der Waals surface area contributed by atoms with Gasteiger partial charge in [-0.2, -0.15) is 0 Å². The Hall–Kier alpha value is -2.70. The maximum Gasteiger partial charge on any atom is 0.264 e. The third kappa shape index (κ3) is 8.81. The van der Waals surface area contributed by atoms with Gasteiger partial charge >= 0.3 is 0 Å². The van der Waals surface area contributed by atoms with E-state index < -0.39 is 21.2 Å². The van der Waals surface area contributed by atoms with Crippen molar-refractivity contribution in [1.82, 2.24) is 14.9 Å². The average Bonchev–Trinajstić information content (AvgIpc) is 3.28. The number of methoxy groups -OCH3 is 1. The number of sulfonamides is 1. The number of hydrogen-bond acceptors (Lipinski definition) is 9. The number of rotatable bonds is 4. The van der Waals surface area contributed by atoms with Crippen LogP contribution in [0.4, 0.5) is 5.69 Å². The van der Waals surface area contributed by atoms with Gasteiger partial charge in [0.25, 0.3) is 5.91 Å². The van der Waals surface area contributed by atoms with Crippen LogP contribution in [-0.2, 0) is 31.4 Å². The first-order valence-corrected chi connectivity index (χ1v) is 21.2. The lowest BCUT2D eigenvalue weighted by Crippen LogP contribution is -2.49. The smallest absolute Gasteiger partial charge is 0.264 e. The Kier molecular flexibility index (Phi) is 12.9. The largest absolute Gasteiger partial charge is 0.490 e. The fourth-order valence-corrected chi connectivity index (χ4v) is 10.5. The number of anilines is 1. The lowest BCUT2D eigenvalue weighted by Gasteiger charge is -2.46. The minimum Gasteiger partial charge on any atom is -0.490 e. The summed E-state index contributed by atoms with van der Waals surface area (Å²) in [6, 6.07) is 11.4. The highest BCUT2D eigenvalue weighted by molar-refractivity contribution is 7.90. The highest BCUT2D eigenvalue weighted by Gasteiger charge is 2.44. The van der Waals surface area contributed by atoms with E-state index in [-0.39, 0.29) is 17.3 Å². The first-order chi connectivity index (χ1) is 25.0. The highest BCUT2D eigenvalue weighted by Crippen LogP contribution is 2.47. The molecular formula is C40H57ClN4O6S. The van der Waals surface area contributed by atoms with Crippen LogP contribution < -0.4 is 19.7 Å². The Labute approximate surface area is 315 Å². The van der Waals surface area contributed by atoms with Gasteiger partial charge < -0.3 is 24.5 Å². The van der Waals surface area contributed by atoms with Gasteiger partial charge in [0.1, 0.15) is 12.0 Å². The molecule has 0 aromatic heterocycles.